The molecule has 1 fully saturated rings. The Balaban J connectivity index is 2.03. The van der Waals surface area contributed by atoms with Crippen LogP contribution in [0.4, 0.5) is 0 Å². The lowest BCUT2D eigenvalue weighted by Crippen LogP contribution is -2.33. The van der Waals surface area contributed by atoms with Crippen molar-refractivity contribution in [2.24, 2.45) is 0 Å². The molecule has 0 saturated carbocycles. The highest BCUT2D eigenvalue weighted by Gasteiger charge is 2.11. The molecule has 0 aliphatic carbocycles. The van der Waals surface area contributed by atoms with Crippen molar-refractivity contribution >= 4 is 15.9 Å². The maximum Gasteiger partial charge on any atom is 0.0244 e. The first-order chi connectivity index (χ1) is 6.18. The summed E-state index contributed by atoms with van der Waals surface area (Å²) in [7, 11) is 2.20. The Morgan fingerprint density at radius 1 is 1.38 bits per heavy atom. The predicted octanol–water partition coefficient (Wildman–Crippen LogP) is 1.80. The van der Waals surface area contributed by atoms with Gasteiger partial charge in [-0.05, 0) is 33.0 Å². The number of halogens is 1. The molecule has 0 spiro atoms. The van der Waals surface area contributed by atoms with E-state index >= 15 is 0 Å². The fraction of sp³-hybridized carbons (Fsp3) is 1.00. The van der Waals surface area contributed by atoms with Crippen LogP contribution in [-0.4, -0.2) is 54.4 Å². The summed E-state index contributed by atoms with van der Waals surface area (Å²) in [6.07, 6.45) is 2.80. The molecule has 0 radical (unpaired) electrons. The lowest BCUT2D eigenvalue weighted by Gasteiger charge is -2.22. The summed E-state index contributed by atoms with van der Waals surface area (Å²) in [5.41, 5.74) is 0. The van der Waals surface area contributed by atoms with E-state index in [1.54, 1.807) is 0 Å². The third kappa shape index (κ3) is 4.99. The van der Waals surface area contributed by atoms with Gasteiger partial charge in [0, 0.05) is 24.5 Å². The Bertz CT molecular complexity index is 133. The topological polar surface area (TPSA) is 6.48 Å². The molecule has 2 nitrogen and oxygen atoms in total. The fourth-order valence-electron chi connectivity index (χ4n) is 1.84. The van der Waals surface area contributed by atoms with Crippen molar-refractivity contribution in [3.63, 3.8) is 0 Å². The maximum atomic E-state index is 3.57. The van der Waals surface area contributed by atoms with Crippen LogP contribution in [0.2, 0.25) is 0 Å². The number of alkyl halides is 1. The second kappa shape index (κ2) is 5.99. The van der Waals surface area contributed by atoms with Crippen LogP contribution in [0.15, 0.2) is 0 Å². The molecular weight excluding hydrogens is 228 g/mol. The van der Waals surface area contributed by atoms with Gasteiger partial charge in [0.25, 0.3) is 0 Å². The summed E-state index contributed by atoms with van der Waals surface area (Å²) >= 11 is 3.57. The smallest absolute Gasteiger partial charge is 0.0244 e. The molecule has 0 amide bonds. The van der Waals surface area contributed by atoms with E-state index in [1.165, 1.54) is 39.0 Å². The van der Waals surface area contributed by atoms with Crippen molar-refractivity contribution in [1.29, 1.82) is 0 Å². The molecule has 1 aliphatic heterocycles. The van der Waals surface area contributed by atoms with Gasteiger partial charge in [-0.3, -0.25) is 0 Å². The van der Waals surface area contributed by atoms with Gasteiger partial charge in [0.2, 0.25) is 0 Å². The fourth-order valence-corrected chi connectivity index (χ4v) is 2.33. The van der Waals surface area contributed by atoms with Crippen LogP contribution in [0.1, 0.15) is 19.8 Å². The van der Waals surface area contributed by atoms with Gasteiger partial charge in [-0.1, -0.05) is 22.9 Å². The van der Waals surface area contributed by atoms with Crippen molar-refractivity contribution in [3.8, 4) is 0 Å². The first-order valence-corrected chi connectivity index (χ1v) is 6.15. The molecule has 3 heteroatoms. The highest BCUT2D eigenvalue weighted by molar-refractivity contribution is 9.09. The van der Waals surface area contributed by atoms with Gasteiger partial charge in [-0.25, -0.2) is 0 Å². The lowest BCUT2D eigenvalue weighted by atomic mass is 10.4. The number of rotatable bonds is 5. The minimum atomic E-state index is 0.607. The van der Waals surface area contributed by atoms with E-state index in [4.69, 9.17) is 0 Å². The van der Waals surface area contributed by atoms with Gasteiger partial charge < -0.3 is 9.80 Å². The molecule has 0 aromatic heterocycles. The molecule has 1 rings (SSSR count). The zero-order valence-electron chi connectivity index (χ0n) is 8.80. The molecule has 1 saturated heterocycles. The first-order valence-electron chi connectivity index (χ1n) is 5.23. The zero-order chi connectivity index (χ0) is 9.68. The maximum absolute atomic E-state index is 3.57. The highest BCUT2D eigenvalue weighted by atomic mass is 79.9. The molecule has 1 heterocycles. The van der Waals surface area contributed by atoms with Crippen LogP contribution in [0.25, 0.3) is 0 Å². The minimum Gasteiger partial charge on any atom is -0.304 e. The van der Waals surface area contributed by atoms with E-state index in [0.29, 0.717) is 4.83 Å². The number of likely N-dealkylation sites (tertiary alicyclic amines) is 1. The standard InChI is InChI=1S/C10H21BrN2/c1-10(11)9-12(2)7-8-13-5-3-4-6-13/h10H,3-9H2,1-2H3. The third-order valence-corrected chi connectivity index (χ3v) is 2.85. The van der Waals surface area contributed by atoms with Gasteiger partial charge >= 0.3 is 0 Å². The second-order valence-corrected chi connectivity index (χ2v) is 5.65. The Morgan fingerprint density at radius 2 is 2.00 bits per heavy atom. The molecule has 0 bridgehead atoms. The molecule has 1 atom stereocenters. The first kappa shape index (κ1) is 11.5. The van der Waals surface area contributed by atoms with E-state index in [-0.39, 0.29) is 0 Å². The quantitative estimate of drug-likeness (QED) is 0.685. The monoisotopic (exact) mass is 248 g/mol. The van der Waals surface area contributed by atoms with Crippen LogP contribution >= 0.6 is 15.9 Å². The van der Waals surface area contributed by atoms with Crippen LogP contribution in [0, 0.1) is 0 Å². The van der Waals surface area contributed by atoms with Crippen LogP contribution < -0.4 is 0 Å². The van der Waals surface area contributed by atoms with Crippen LogP contribution in [0.3, 0.4) is 0 Å². The van der Waals surface area contributed by atoms with E-state index < -0.39 is 0 Å². The van der Waals surface area contributed by atoms with Crippen molar-refractivity contribution < 1.29 is 0 Å². The largest absolute Gasteiger partial charge is 0.304 e. The summed E-state index contributed by atoms with van der Waals surface area (Å²) < 4.78 is 0. The Kier molecular flexibility index (Phi) is 5.29. The van der Waals surface area contributed by atoms with Gasteiger partial charge in [0.15, 0.2) is 0 Å². The number of nitrogens with zero attached hydrogens (tertiary/aromatic N) is 2. The second-order valence-electron chi connectivity index (χ2n) is 4.09. The van der Waals surface area contributed by atoms with Crippen molar-refractivity contribution in [1.82, 2.24) is 9.80 Å². The number of hydrogen-bond acceptors (Lipinski definition) is 2. The zero-order valence-corrected chi connectivity index (χ0v) is 10.4. The normalized spacial score (nSPS) is 21.2. The van der Waals surface area contributed by atoms with E-state index in [9.17, 15) is 0 Å². The van der Waals surface area contributed by atoms with E-state index in [0.717, 1.165) is 6.54 Å². The van der Waals surface area contributed by atoms with Gasteiger partial charge in [-0.2, -0.15) is 0 Å². The average Bonchev–Trinajstić information content (AvgIpc) is 2.51. The third-order valence-electron chi connectivity index (χ3n) is 2.56. The number of hydrogen-bond donors (Lipinski definition) is 0. The summed E-state index contributed by atoms with van der Waals surface area (Å²) in [6, 6.07) is 0. The average molecular weight is 249 g/mol. The molecule has 1 aliphatic rings. The summed E-state index contributed by atoms with van der Waals surface area (Å²) in [4.78, 5) is 5.57. The molecule has 0 aromatic rings. The molecule has 78 valence electrons. The molecular formula is C10H21BrN2. The van der Waals surface area contributed by atoms with Crippen LogP contribution in [0.5, 0.6) is 0 Å². The summed E-state index contributed by atoms with van der Waals surface area (Å²) in [6.45, 7) is 8.43. The Hall–Kier alpha value is 0.400. The van der Waals surface area contributed by atoms with Gasteiger partial charge in [0.05, 0.1) is 0 Å². The van der Waals surface area contributed by atoms with E-state index in [2.05, 4.69) is 39.7 Å². The van der Waals surface area contributed by atoms with Crippen molar-refractivity contribution in [2.75, 3.05) is 39.8 Å². The van der Waals surface area contributed by atoms with Gasteiger partial charge in [0.1, 0.15) is 0 Å². The molecule has 0 aromatic carbocycles. The molecule has 0 N–H and O–H groups in total. The minimum absolute atomic E-state index is 0.607. The Morgan fingerprint density at radius 3 is 2.54 bits per heavy atom. The SMILES string of the molecule is CC(Br)CN(C)CCN1CCCC1. The Labute approximate surface area is 90.4 Å². The molecule has 1 unspecified atom stereocenters. The lowest BCUT2D eigenvalue weighted by molar-refractivity contribution is 0.259. The van der Waals surface area contributed by atoms with E-state index in [1.807, 2.05) is 0 Å². The molecule has 13 heavy (non-hydrogen) atoms. The summed E-state index contributed by atoms with van der Waals surface area (Å²) in [5, 5.41) is 0. The van der Waals surface area contributed by atoms with Gasteiger partial charge in [-0.15, -0.1) is 0 Å². The van der Waals surface area contributed by atoms with Crippen molar-refractivity contribution in [3.05, 3.63) is 0 Å². The highest BCUT2D eigenvalue weighted by Crippen LogP contribution is 2.07. The van der Waals surface area contributed by atoms with Crippen LogP contribution in [-0.2, 0) is 0 Å². The number of likely N-dealkylation sites (N-methyl/N-ethyl adjacent to an activating group) is 1. The van der Waals surface area contributed by atoms with Crippen molar-refractivity contribution in [2.45, 2.75) is 24.6 Å². The predicted molar refractivity (Wildman–Crippen MR) is 61.6 cm³/mol. The summed E-state index contributed by atoms with van der Waals surface area (Å²) in [5.74, 6) is 0.